The van der Waals surface area contributed by atoms with Crippen LogP contribution in [0.5, 0.6) is 0 Å². The molecule has 0 bridgehead atoms. The number of nitrogens with one attached hydrogen (secondary N) is 1. The minimum atomic E-state index is 0.582. The van der Waals surface area contributed by atoms with Crippen LogP contribution < -0.4 is 5.32 Å². The van der Waals surface area contributed by atoms with Gasteiger partial charge in [-0.1, -0.05) is 13.8 Å². The third kappa shape index (κ3) is 3.53. The van der Waals surface area contributed by atoms with Crippen molar-refractivity contribution in [3.63, 3.8) is 0 Å². The molecule has 0 aliphatic carbocycles. The van der Waals surface area contributed by atoms with Gasteiger partial charge < -0.3 is 5.32 Å². The fourth-order valence-corrected chi connectivity index (χ4v) is 2.80. The van der Waals surface area contributed by atoms with Crippen molar-refractivity contribution in [2.45, 2.75) is 39.4 Å². The van der Waals surface area contributed by atoms with E-state index < -0.39 is 0 Å². The highest BCUT2D eigenvalue weighted by Gasteiger charge is 2.26. The van der Waals surface area contributed by atoms with Crippen LogP contribution in [0.15, 0.2) is 22.9 Å². The van der Waals surface area contributed by atoms with Crippen LogP contribution in [0.25, 0.3) is 0 Å². The van der Waals surface area contributed by atoms with Crippen LogP contribution in [-0.2, 0) is 6.54 Å². The third-order valence-electron chi connectivity index (χ3n) is 3.68. The molecule has 1 fully saturated rings. The first-order valence-electron chi connectivity index (χ1n) is 6.63. The summed E-state index contributed by atoms with van der Waals surface area (Å²) in [6.07, 6.45) is 3.80. The van der Waals surface area contributed by atoms with Gasteiger partial charge in [0.2, 0.25) is 0 Å². The molecule has 2 heterocycles. The molecule has 1 saturated heterocycles. The largest absolute Gasteiger partial charge is 0.311 e. The van der Waals surface area contributed by atoms with Crippen LogP contribution in [-0.4, -0.2) is 35.1 Å². The Morgan fingerprint density at radius 1 is 1.50 bits per heavy atom. The fraction of sp³-hybridized carbons (Fsp3) is 0.643. The molecule has 1 aromatic rings. The number of piperazine rings is 1. The average Bonchev–Trinajstić information content (AvgIpc) is 2.31. The number of aromatic nitrogens is 1. The van der Waals surface area contributed by atoms with Gasteiger partial charge in [0, 0.05) is 48.6 Å². The molecular weight excluding hydrogens is 290 g/mol. The second kappa shape index (κ2) is 6.13. The molecule has 1 aromatic heterocycles. The molecule has 2 rings (SSSR count). The molecule has 0 saturated carbocycles. The maximum atomic E-state index is 4.24. The highest BCUT2D eigenvalue weighted by Crippen LogP contribution is 2.17. The predicted molar refractivity (Wildman–Crippen MR) is 78.4 cm³/mol. The Bertz CT molecular complexity index is 394. The van der Waals surface area contributed by atoms with Crippen molar-refractivity contribution in [3.05, 3.63) is 28.5 Å². The summed E-state index contributed by atoms with van der Waals surface area (Å²) in [5.74, 6) is 0.681. The Labute approximate surface area is 118 Å². The van der Waals surface area contributed by atoms with Crippen molar-refractivity contribution in [3.8, 4) is 0 Å². The summed E-state index contributed by atoms with van der Waals surface area (Å²) in [6.45, 7) is 10.0. The number of hydrogen-bond donors (Lipinski definition) is 1. The van der Waals surface area contributed by atoms with E-state index in [1.165, 1.54) is 5.56 Å². The van der Waals surface area contributed by atoms with E-state index in [-0.39, 0.29) is 0 Å². The molecule has 3 nitrogen and oxygen atoms in total. The minimum absolute atomic E-state index is 0.582. The Hall–Kier alpha value is -0.450. The van der Waals surface area contributed by atoms with E-state index >= 15 is 0 Å². The number of pyridine rings is 1. The molecule has 0 aromatic carbocycles. The maximum absolute atomic E-state index is 4.24. The summed E-state index contributed by atoms with van der Waals surface area (Å²) in [6, 6.07) is 3.34. The van der Waals surface area contributed by atoms with Gasteiger partial charge in [-0.2, -0.15) is 0 Å². The second-order valence-electron chi connectivity index (χ2n) is 5.55. The Morgan fingerprint density at radius 3 is 2.94 bits per heavy atom. The van der Waals surface area contributed by atoms with Crippen molar-refractivity contribution in [1.82, 2.24) is 15.2 Å². The van der Waals surface area contributed by atoms with Crippen LogP contribution in [0.4, 0.5) is 0 Å². The first-order valence-corrected chi connectivity index (χ1v) is 7.42. The molecule has 100 valence electrons. The van der Waals surface area contributed by atoms with Gasteiger partial charge in [0.1, 0.15) is 0 Å². The number of nitrogens with zero attached hydrogens (tertiary/aromatic N) is 2. The smallest absolute Gasteiger partial charge is 0.0410 e. The molecule has 2 unspecified atom stereocenters. The quantitative estimate of drug-likeness (QED) is 0.930. The molecular formula is C14H22BrN3. The Kier molecular flexibility index (Phi) is 4.76. The third-order valence-corrected chi connectivity index (χ3v) is 4.12. The summed E-state index contributed by atoms with van der Waals surface area (Å²) < 4.78 is 1.06. The molecule has 18 heavy (non-hydrogen) atoms. The summed E-state index contributed by atoms with van der Waals surface area (Å²) >= 11 is 3.48. The van der Waals surface area contributed by atoms with E-state index in [1.807, 2.05) is 12.4 Å². The zero-order valence-electron chi connectivity index (χ0n) is 11.4. The maximum Gasteiger partial charge on any atom is 0.0410 e. The fourth-order valence-electron chi connectivity index (χ4n) is 2.39. The first kappa shape index (κ1) is 14.0. The van der Waals surface area contributed by atoms with Crippen LogP contribution in [0.3, 0.4) is 0 Å². The van der Waals surface area contributed by atoms with Crippen molar-refractivity contribution in [2.75, 3.05) is 13.1 Å². The predicted octanol–water partition coefficient (Wildman–Crippen LogP) is 2.66. The van der Waals surface area contributed by atoms with E-state index in [0.717, 1.165) is 24.1 Å². The van der Waals surface area contributed by atoms with Crippen molar-refractivity contribution in [2.24, 2.45) is 5.92 Å². The monoisotopic (exact) mass is 311 g/mol. The van der Waals surface area contributed by atoms with Gasteiger partial charge in [0.05, 0.1) is 0 Å². The van der Waals surface area contributed by atoms with Gasteiger partial charge in [0.15, 0.2) is 0 Å². The van der Waals surface area contributed by atoms with Crippen LogP contribution in [0.2, 0.25) is 0 Å². The van der Waals surface area contributed by atoms with E-state index in [9.17, 15) is 0 Å². The molecule has 2 atom stereocenters. The van der Waals surface area contributed by atoms with Crippen LogP contribution >= 0.6 is 15.9 Å². The highest BCUT2D eigenvalue weighted by molar-refractivity contribution is 9.10. The van der Waals surface area contributed by atoms with Gasteiger partial charge in [-0.15, -0.1) is 0 Å². The summed E-state index contributed by atoms with van der Waals surface area (Å²) in [4.78, 5) is 6.79. The van der Waals surface area contributed by atoms with E-state index in [1.54, 1.807) is 0 Å². The zero-order valence-corrected chi connectivity index (χ0v) is 12.9. The van der Waals surface area contributed by atoms with Crippen molar-refractivity contribution >= 4 is 15.9 Å². The molecule has 1 N–H and O–H groups in total. The summed E-state index contributed by atoms with van der Waals surface area (Å²) in [5.41, 5.74) is 1.28. The molecule has 4 heteroatoms. The van der Waals surface area contributed by atoms with Gasteiger partial charge >= 0.3 is 0 Å². The van der Waals surface area contributed by atoms with Crippen LogP contribution in [0.1, 0.15) is 26.3 Å². The lowest BCUT2D eigenvalue weighted by atomic mass is 9.99. The molecule has 0 spiro atoms. The topological polar surface area (TPSA) is 28.2 Å². The van der Waals surface area contributed by atoms with E-state index in [4.69, 9.17) is 0 Å². The van der Waals surface area contributed by atoms with Gasteiger partial charge in [0.25, 0.3) is 0 Å². The second-order valence-corrected chi connectivity index (χ2v) is 6.46. The lowest BCUT2D eigenvalue weighted by molar-refractivity contribution is 0.116. The van der Waals surface area contributed by atoms with Crippen molar-refractivity contribution in [1.29, 1.82) is 0 Å². The normalized spacial score (nSPS) is 25.6. The standard InChI is InChI=1S/C14H22BrN3/c1-10(2)14-9-18(11(3)5-17-14)8-12-4-13(15)7-16-6-12/h4,6-7,10-11,14,17H,5,8-9H2,1-3H3. The Morgan fingerprint density at radius 2 is 2.28 bits per heavy atom. The highest BCUT2D eigenvalue weighted by atomic mass is 79.9. The number of hydrogen-bond acceptors (Lipinski definition) is 3. The summed E-state index contributed by atoms with van der Waals surface area (Å²) in [7, 11) is 0. The van der Waals surface area contributed by atoms with Crippen molar-refractivity contribution < 1.29 is 0 Å². The zero-order chi connectivity index (χ0) is 13.1. The lowest BCUT2D eigenvalue weighted by Gasteiger charge is -2.40. The van der Waals surface area contributed by atoms with Gasteiger partial charge in [-0.3, -0.25) is 9.88 Å². The van der Waals surface area contributed by atoms with Crippen LogP contribution in [0, 0.1) is 5.92 Å². The number of halogens is 1. The number of rotatable bonds is 3. The molecule has 0 radical (unpaired) electrons. The minimum Gasteiger partial charge on any atom is -0.311 e. The summed E-state index contributed by atoms with van der Waals surface area (Å²) in [5, 5.41) is 3.63. The Balaban J connectivity index is 2.02. The SMILES string of the molecule is CC(C)C1CN(Cc2cncc(Br)c2)C(C)CN1. The van der Waals surface area contributed by atoms with E-state index in [0.29, 0.717) is 18.0 Å². The molecule has 0 amide bonds. The van der Waals surface area contributed by atoms with Gasteiger partial charge in [-0.05, 0) is 40.4 Å². The first-order chi connectivity index (χ1) is 8.56. The molecule has 1 aliphatic heterocycles. The lowest BCUT2D eigenvalue weighted by Crippen LogP contribution is -2.56. The van der Waals surface area contributed by atoms with Gasteiger partial charge in [-0.25, -0.2) is 0 Å². The van der Waals surface area contributed by atoms with E-state index in [2.05, 4.69) is 58.0 Å². The average molecular weight is 312 g/mol. The molecule has 1 aliphatic rings.